The smallest absolute Gasteiger partial charge is 0.416 e. The molecule has 2 aromatic carbocycles. The third kappa shape index (κ3) is 8.73. The second-order valence-electron chi connectivity index (χ2n) is 6.41. The van der Waals surface area contributed by atoms with Crippen molar-refractivity contribution in [1.29, 1.82) is 0 Å². The molecule has 3 amide bonds. The highest BCUT2D eigenvalue weighted by Crippen LogP contribution is 2.33. The summed E-state index contributed by atoms with van der Waals surface area (Å²) >= 11 is 9.01. The minimum absolute atomic E-state index is 0.110. The summed E-state index contributed by atoms with van der Waals surface area (Å²) in [7, 11) is 0. The SMILES string of the molecule is O=C(COC(=O)CCC(=O)Nc1cc(C(F)(F)F)ccc1Cl)NNC(=O)c1ccc(Br)cc1. The van der Waals surface area contributed by atoms with Gasteiger partial charge in [0, 0.05) is 16.5 Å². The van der Waals surface area contributed by atoms with E-state index < -0.39 is 54.9 Å². The van der Waals surface area contributed by atoms with Crippen LogP contribution in [0.1, 0.15) is 28.8 Å². The van der Waals surface area contributed by atoms with Gasteiger partial charge in [-0.2, -0.15) is 13.2 Å². The normalized spacial score (nSPS) is 10.8. The molecule has 176 valence electrons. The van der Waals surface area contributed by atoms with Gasteiger partial charge in [-0.1, -0.05) is 27.5 Å². The third-order valence-electron chi connectivity index (χ3n) is 3.91. The zero-order chi connectivity index (χ0) is 24.6. The van der Waals surface area contributed by atoms with Crippen LogP contribution >= 0.6 is 27.5 Å². The molecule has 0 aromatic heterocycles. The lowest BCUT2D eigenvalue weighted by Gasteiger charge is -2.11. The van der Waals surface area contributed by atoms with Gasteiger partial charge in [0.15, 0.2) is 6.61 Å². The van der Waals surface area contributed by atoms with Gasteiger partial charge in [-0.3, -0.25) is 30.0 Å². The highest BCUT2D eigenvalue weighted by atomic mass is 79.9. The van der Waals surface area contributed by atoms with E-state index in [0.717, 1.165) is 16.6 Å². The van der Waals surface area contributed by atoms with Gasteiger partial charge in [0.25, 0.3) is 11.8 Å². The van der Waals surface area contributed by atoms with Crippen LogP contribution in [0.4, 0.5) is 18.9 Å². The van der Waals surface area contributed by atoms with Gasteiger partial charge in [0.2, 0.25) is 5.91 Å². The number of anilines is 1. The van der Waals surface area contributed by atoms with E-state index in [9.17, 15) is 32.3 Å². The fraction of sp³-hybridized carbons (Fsp3) is 0.200. The van der Waals surface area contributed by atoms with Crippen molar-refractivity contribution in [2.45, 2.75) is 19.0 Å². The number of carbonyl (C=O) groups excluding carboxylic acids is 4. The Bertz CT molecular complexity index is 1050. The molecule has 13 heteroatoms. The van der Waals surface area contributed by atoms with E-state index in [0.29, 0.717) is 6.07 Å². The van der Waals surface area contributed by atoms with Gasteiger partial charge in [-0.25, -0.2) is 0 Å². The molecule has 0 fully saturated rings. The highest BCUT2D eigenvalue weighted by Gasteiger charge is 2.31. The highest BCUT2D eigenvalue weighted by molar-refractivity contribution is 9.10. The zero-order valence-electron chi connectivity index (χ0n) is 16.6. The molecule has 0 atom stereocenters. The molecule has 0 heterocycles. The molecule has 0 saturated carbocycles. The maximum Gasteiger partial charge on any atom is 0.416 e. The number of amides is 3. The topological polar surface area (TPSA) is 114 Å². The molecule has 8 nitrogen and oxygen atoms in total. The Morgan fingerprint density at radius 3 is 2.24 bits per heavy atom. The molecule has 2 rings (SSSR count). The first kappa shape index (κ1) is 26.1. The van der Waals surface area contributed by atoms with Gasteiger partial charge in [0.05, 0.1) is 22.7 Å². The van der Waals surface area contributed by atoms with Crippen molar-refractivity contribution in [3.8, 4) is 0 Å². The second kappa shape index (κ2) is 11.7. The summed E-state index contributed by atoms with van der Waals surface area (Å²) in [5, 5.41) is 2.08. The molecule has 0 aliphatic rings. The van der Waals surface area contributed by atoms with E-state index in [4.69, 9.17) is 11.6 Å². The number of halogens is 5. The summed E-state index contributed by atoms with van der Waals surface area (Å²) in [6.07, 6.45) is -5.49. The number of hydrazine groups is 1. The fourth-order valence-corrected chi connectivity index (χ4v) is 2.71. The summed E-state index contributed by atoms with van der Waals surface area (Å²) in [5.74, 6) is -3.10. The quantitative estimate of drug-likeness (QED) is 0.358. The first-order valence-corrected chi connectivity index (χ1v) is 10.3. The molecule has 0 unspecified atom stereocenters. The number of hydrogen-bond acceptors (Lipinski definition) is 5. The van der Waals surface area contributed by atoms with E-state index in [1.165, 1.54) is 12.1 Å². The van der Waals surface area contributed by atoms with Crippen molar-refractivity contribution in [3.05, 3.63) is 63.1 Å². The fourth-order valence-electron chi connectivity index (χ4n) is 2.28. The van der Waals surface area contributed by atoms with Crippen molar-refractivity contribution in [1.82, 2.24) is 10.9 Å². The van der Waals surface area contributed by atoms with Gasteiger partial charge in [-0.15, -0.1) is 0 Å². The summed E-state index contributed by atoms with van der Waals surface area (Å²) in [4.78, 5) is 47.1. The number of ether oxygens (including phenoxy) is 1. The van der Waals surface area contributed by atoms with E-state index in [-0.39, 0.29) is 16.3 Å². The minimum atomic E-state index is -4.62. The lowest BCUT2D eigenvalue weighted by Crippen LogP contribution is -2.43. The van der Waals surface area contributed by atoms with Gasteiger partial charge in [0.1, 0.15) is 0 Å². The molecule has 2 aromatic rings. The number of hydrogen-bond donors (Lipinski definition) is 3. The number of alkyl halides is 3. The van der Waals surface area contributed by atoms with Crippen LogP contribution in [0.5, 0.6) is 0 Å². The van der Waals surface area contributed by atoms with Crippen molar-refractivity contribution in [2.75, 3.05) is 11.9 Å². The predicted molar refractivity (Wildman–Crippen MR) is 115 cm³/mol. The van der Waals surface area contributed by atoms with Crippen LogP contribution in [0.3, 0.4) is 0 Å². The number of benzene rings is 2. The Morgan fingerprint density at radius 1 is 0.939 bits per heavy atom. The van der Waals surface area contributed by atoms with Crippen LogP contribution in [0.25, 0.3) is 0 Å². The number of rotatable bonds is 7. The molecule has 33 heavy (non-hydrogen) atoms. The van der Waals surface area contributed by atoms with Crippen LogP contribution in [0.15, 0.2) is 46.9 Å². The first-order valence-electron chi connectivity index (χ1n) is 9.12. The average Bonchev–Trinajstić information content (AvgIpc) is 2.75. The first-order chi connectivity index (χ1) is 15.5. The Kier molecular flexibility index (Phi) is 9.23. The monoisotopic (exact) mass is 549 g/mol. The molecule has 0 aliphatic carbocycles. The molecule has 3 N–H and O–H groups in total. The number of carbonyl (C=O) groups is 4. The second-order valence-corrected chi connectivity index (χ2v) is 7.73. The number of esters is 1. The third-order valence-corrected chi connectivity index (χ3v) is 4.77. The minimum Gasteiger partial charge on any atom is -0.455 e. The summed E-state index contributed by atoms with van der Waals surface area (Å²) in [6, 6.07) is 8.73. The Morgan fingerprint density at radius 2 is 1.61 bits per heavy atom. The average molecular weight is 551 g/mol. The Hall–Kier alpha value is -3.12. The maximum atomic E-state index is 12.8. The van der Waals surface area contributed by atoms with E-state index in [1.807, 2.05) is 0 Å². The Balaban J connectivity index is 1.72. The van der Waals surface area contributed by atoms with E-state index >= 15 is 0 Å². The van der Waals surface area contributed by atoms with Crippen LogP contribution in [0, 0.1) is 0 Å². The molecule has 0 saturated heterocycles. The van der Waals surface area contributed by atoms with Crippen molar-refractivity contribution in [3.63, 3.8) is 0 Å². The summed E-state index contributed by atoms with van der Waals surface area (Å²) in [6.45, 7) is -0.722. The largest absolute Gasteiger partial charge is 0.455 e. The standard InChI is InChI=1S/C20H16BrClF3N3O5/c21-13-4-1-11(2-5-13)19(32)28-27-17(30)10-33-18(31)8-7-16(29)26-15-9-12(20(23,24)25)3-6-14(15)22/h1-6,9H,7-8,10H2,(H,26,29)(H,27,30)(H,28,32). The molecular formula is C20H16BrClF3N3O5. The Labute approximate surface area is 198 Å². The number of nitrogens with one attached hydrogen (secondary N) is 3. The van der Waals surface area contributed by atoms with E-state index in [1.54, 1.807) is 12.1 Å². The summed E-state index contributed by atoms with van der Waals surface area (Å²) < 4.78 is 43.7. The summed E-state index contributed by atoms with van der Waals surface area (Å²) in [5.41, 5.74) is 3.22. The lowest BCUT2D eigenvalue weighted by molar-refractivity contribution is -0.149. The van der Waals surface area contributed by atoms with Crippen LogP contribution in [0.2, 0.25) is 5.02 Å². The molecule has 0 radical (unpaired) electrons. The van der Waals surface area contributed by atoms with Crippen molar-refractivity contribution in [2.24, 2.45) is 0 Å². The lowest BCUT2D eigenvalue weighted by atomic mass is 10.2. The van der Waals surface area contributed by atoms with Crippen LogP contribution in [-0.2, 0) is 25.3 Å². The molecule has 0 bridgehead atoms. The molecular weight excluding hydrogens is 535 g/mol. The predicted octanol–water partition coefficient (Wildman–Crippen LogP) is 3.84. The van der Waals surface area contributed by atoms with Crippen LogP contribution in [-0.4, -0.2) is 30.3 Å². The molecule has 0 spiro atoms. The molecule has 0 aliphatic heterocycles. The van der Waals surface area contributed by atoms with Crippen molar-refractivity contribution < 1.29 is 37.1 Å². The van der Waals surface area contributed by atoms with Gasteiger partial charge >= 0.3 is 12.1 Å². The van der Waals surface area contributed by atoms with Gasteiger partial charge < -0.3 is 10.1 Å². The maximum absolute atomic E-state index is 12.8. The van der Waals surface area contributed by atoms with E-state index in [2.05, 4.69) is 36.8 Å². The zero-order valence-corrected chi connectivity index (χ0v) is 18.9. The van der Waals surface area contributed by atoms with Crippen LogP contribution < -0.4 is 16.2 Å². The van der Waals surface area contributed by atoms with Gasteiger partial charge in [-0.05, 0) is 42.5 Å². The van der Waals surface area contributed by atoms with Crippen molar-refractivity contribution >= 4 is 56.9 Å².